The van der Waals surface area contributed by atoms with Gasteiger partial charge in [-0.15, -0.1) is 0 Å². The van der Waals surface area contributed by atoms with Crippen molar-refractivity contribution in [3.63, 3.8) is 0 Å². The van der Waals surface area contributed by atoms with Crippen molar-refractivity contribution in [2.75, 3.05) is 26.1 Å². The lowest BCUT2D eigenvalue weighted by Gasteiger charge is -2.60. The standard InChI is InChI=1S/C20H28N2O5S/c1-26-19(23)22-17-3-5-18(6-4-17)28(24,25)21-12-20(27-2)15-8-13-7-14(10-15)11-16(20)9-13/h3-6,13-16,21H,7-12H2,1-2H3,(H,22,23). The molecule has 0 radical (unpaired) electrons. The van der Waals surface area contributed by atoms with E-state index in [1.54, 1.807) is 19.2 Å². The number of anilines is 1. The summed E-state index contributed by atoms with van der Waals surface area (Å²) in [6.45, 7) is 0.308. The summed E-state index contributed by atoms with van der Waals surface area (Å²) >= 11 is 0. The molecule has 28 heavy (non-hydrogen) atoms. The van der Waals surface area contributed by atoms with Crippen LogP contribution in [0.5, 0.6) is 0 Å². The summed E-state index contributed by atoms with van der Waals surface area (Å²) in [6.07, 6.45) is 5.34. The molecule has 1 aromatic carbocycles. The van der Waals surface area contributed by atoms with Gasteiger partial charge in [-0.05, 0) is 80.0 Å². The van der Waals surface area contributed by atoms with Gasteiger partial charge in [0.1, 0.15) is 0 Å². The Morgan fingerprint density at radius 3 is 2.11 bits per heavy atom. The molecule has 7 nitrogen and oxygen atoms in total. The number of benzene rings is 1. The van der Waals surface area contributed by atoms with Crippen LogP contribution in [0.3, 0.4) is 0 Å². The number of amides is 1. The molecule has 0 heterocycles. The Morgan fingerprint density at radius 1 is 1.04 bits per heavy atom. The molecule has 8 heteroatoms. The first-order valence-corrected chi connectivity index (χ1v) is 11.3. The van der Waals surface area contributed by atoms with Crippen LogP contribution in [0.4, 0.5) is 10.5 Å². The maximum absolute atomic E-state index is 12.8. The number of carbonyl (C=O) groups excluding carboxylic acids is 1. The highest BCUT2D eigenvalue weighted by molar-refractivity contribution is 7.89. The first kappa shape index (κ1) is 19.7. The fourth-order valence-electron chi connectivity index (χ4n) is 5.85. The Morgan fingerprint density at radius 2 is 1.61 bits per heavy atom. The Balaban J connectivity index is 1.46. The molecule has 4 aliphatic carbocycles. The highest BCUT2D eigenvalue weighted by atomic mass is 32.2. The monoisotopic (exact) mass is 408 g/mol. The number of nitrogens with one attached hydrogen (secondary N) is 2. The van der Waals surface area contributed by atoms with Gasteiger partial charge in [-0.25, -0.2) is 17.9 Å². The van der Waals surface area contributed by atoms with Crippen molar-refractivity contribution in [2.45, 2.75) is 42.6 Å². The highest BCUT2D eigenvalue weighted by Crippen LogP contribution is 2.59. The molecule has 1 amide bonds. The van der Waals surface area contributed by atoms with E-state index >= 15 is 0 Å². The third-order valence-corrected chi connectivity index (χ3v) is 8.45. The van der Waals surface area contributed by atoms with Crippen LogP contribution in [-0.4, -0.2) is 40.9 Å². The predicted molar refractivity (Wildman–Crippen MR) is 104 cm³/mol. The smallest absolute Gasteiger partial charge is 0.411 e. The van der Waals surface area contributed by atoms with Gasteiger partial charge in [-0.2, -0.15) is 0 Å². The van der Waals surface area contributed by atoms with E-state index in [9.17, 15) is 13.2 Å². The van der Waals surface area contributed by atoms with E-state index < -0.39 is 21.7 Å². The molecule has 0 aromatic heterocycles. The molecular formula is C20H28N2O5S. The van der Waals surface area contributed by atoms with Crippen LogP contribution in [0.2, 0.25) is 0 Å². The molecule has 5 rings (SSSR count). The van der Waals surface area contributed by atoms with Crippen molar-refractivity contribution in [1.82, 2.24) is 4.72 Å². The average Bonchev–Trinajstić information content (AvgIpc) is 2.68. The molecule has 154 valence electrons. The number of hydrogen-bond donors (Lipinski definition) is 2. The van der Waals surface area contributed by atoms with E-state index in [2.05, 4.69) is 14.8 Å². The minimum absolute atomic E-state index is 0.165. The Kier molecular flexibility index (Phi) is 5.14. The van der Waals surface area contributed by atoms with Crippen molar-refractivity contribution in [2.24, 2.45) is 23.7 Å². The van der Waals surface area contributed by atoms with Gasteiger partial charge in [0.2, 0.25) is 10.0 Å². The summed E-state index contributed by atoms with van der Waals surface area (Å²) in [7, 11) is -0.668. The molecule has 1 aromatic rings. The van der Waals surface area contributed by atoms with Gasteiger partial charge in [0.25, 0.3) is 0 Å². The van der Waals surface area contributed by atoms with Crippen LogP contribution in [0.1, 0.15) is 32.1 Å². The van der Waals surface area contributed by atoms with Crippen LogP contribution in [0.15, 0.2) is 29.2 Å². The van der Waals surface area contributed by atoms with Gasteiger partial charge in [0, 0.05) is 19.3 Å². The zero-order valence-electron chi connectivity index (χ0n) is 16.3. The maximum Gasteiger partial charge on any atom is 0.411 e. The van der Waals surface area contributed by atoms with Crippen LogP contribution in [0, 0.1) is 23.7 Å². The molecule has 0 saturated heterocycles. The molecule has 4 bridgehead atoms. The summed E-state index contributed by atoms with van der Waals surface area (Å²) in [5.74, 6) is 2.45. The molecule has 0 atom stereocenters. The minimum Gasteiger partial charge on any atom is -0.453 e. The number of carbonyl (C=O) groups is 1. The van der Waals surface area contributed by atoms with Gasteiger partial charge in [0.05, 0.1) is 17.6 Å². The lowest BCUT2D eigenvalue weighted by Crippen LogP contribution is -2.63. The summed E-state index contributed by atoms with van der Waals surface area (Å²) in [5, 5.41) is 2.51. The van der Waals surface area contributed by atoms with E-state index in [0.29, 0.717) is 24.1 Å². The van der Waals surface area contributed by atoms with Gasteiger partial charge in [-0.3, -0.25) is 5.32 Å². The van der Waals surface area contributed by atoms with Crippen molar-refractivity contribution in [1.29, 1.82) is 0 Å². The van der Waals surface area contributed by atoms with E-state index in [4.69, 9.17) is 4.74 Å². The fourth-order valence-corrected chi connectivity index (χ4v) is 6.93. The van der Waals surface area contributed by atoms with Gasteiger partial charge < -0.3 is 9.47 Å². The Bertz CT molecular complexity index is 809. The van der Waals surface area contributed by atoms with E-state index in [0.717, 1.165) is 37.5 Å². The molecule has 0 unspecified atom stereocenters. The number of hydrogen-bond acceptors (Lipinski definition) is 5. The summed E-state index contributed by atoms with van der Waals surface area (Å²) < 4.78 is 39.0. The minimum atomic E-state index is -3.67. The van der Waals surface area contributed by atoms with Gasteiger partial charge in [-0.1, -0.05) is 0 Å². The van der Waals surface area contributed by atoms with Crippen molar-refractivity contribution >= 4 is 21.8 Å². The maximum atomic E-state index is 12.8. The van der Waals surface area contributed by atoms with Crippen molar-refractivity contribution in [3.8, 4) is 0 Å². The lowest BCUT2D eigenvalue weighted by atomic mass is 9.50. The third-order valence-electron chi connectivity index (χ3n) is 7.04. The SMILES string of the molecule is COC(=O)Nc1ccc(S(=O)(=O)NCC2(OC)C3CC4CC(C3)CC2C4)cc1. The Hall–Kier alpha value is -1.64. The van der Waals surface area contributed by atoms with Crippen LogP contribution >= 0.6 is 0 Å². The first-order chi connectivity index (χ1) is 13.4. The molecular weight excluding hydrogens is 380 g/mol. The molecule has 0 aliphatic heterocycles. The molecule has 4 aliphatic rings. The number of ether oxygens (including phenoxy) is 2. The average molecular weight is 409 g/mol. The van der Waals surface area contributed by atoms with E-state index in [1.165, 1.54) is 25.7 Å². The third kappa shape index (κ3) is 3.42. The van der Waals surface area contributed by atoms with Crippen molar-refractivity contribution < 1.29 is 22.7 Å². The molecule has 4 fully saturated rings. The van der Waals surface area contributed by atoms with Gasteiger partial charge in [0.15, 0.2) is 0 Å². The summed E-state index contributed by atoms with van der Waals surface area (Å²) in [5.41, 5.74) is 0.0764. The number of methoxy groups -OCH3 is 2. The lowest BCUT2D eigenvalue weighted by molar-refractivity contribution is -0.185. The highest BCUT2D eigenvalue weighted by Gasteiger charge is 2.57. The second-order valence-electron chi connectivity index (χ2n) is 8.43. The predicted octanol–water partition coefficient (Wildman–Crippen LogP) is 2.98. The fraction of sp³-hybridized carbons (Fsp3) is 0.650. The zero-order chi connectivity index (χ0) is 19.9. The number of rotatable bonds is 6. The molecule has 4 saturated carbocycles. The van der Waals surface area contributed by atoms with Gasteiger partial charge >= 0.3 is 6.09 Å². The van der Waals surface area contributed by atoms with Crippen LogP contribution in [-0.2, 0) is 19.5 Å². The topological polar surface area (TPSA) is 93.7 Å². The summed E-state index contributed by atoms with van der Waals surface area (Å²) in [6, 6.07) is 6.04. The Labute approximate surface area is 166 Å². The largest absolute Gasteiger partial charge is 0.453 e. The van der Waals surface area contributed by atoms with E-state index in [1.807, 2.05) is 0 Å². The summed E-state index contributed by atoms with van der Waals surface area (Å²) in [4.78, 5) is 11.4. The molecule has 2 N–H and O–H groups in total. The van der Waals surface area contributed by atoms with E-state index in [-0.39, 0.29) is 4.90 Å². The quantitative estimate of drug-likeness (QED) is 0.755. The van der Waals surface area contributed by atoms with Crippen LogP contribution in [0.25, 0.3) is 0 Å². The zero-order valence-corrected chi connectivity index (χ0v) is 17.1. The first-order valence-electron chi connectivity index (χ1n) is 9.86. The van der Waals surface area contributed by atoms with Crippen LogP contribution < -0.4 is 10.0 Å². The normalized spacial score (nSPS) is 33.6. The second-order valence-corrected chi connectivity index (χ2v) is 10.2. The van der Waals surface area contributed by atoms with Crippen molar-refractivity contribution in [3.05, 3.63) is 24.3 Å². The molecule has 0 spiro atoms. The number of sulfonamides is 1. The second kappa shape index (κ2) is 7.31.